The lowest BCUT2D eigenvalue weighted by atomic mass is 9.96. The lowest BCUT2D eigenvalue weighted by Crippen LogP contribution is -2.27. The Labute approximate surface area is 88.1 Å². The van der Waals surface area contributed by atoms with Gasteiger partial charge >= 0.3 is 0 Å². The molecule has 0 saturated heterocycles. The van der Waals surface area contributed by atoms with E-state index in [0.29, 0.717) is 0 Å². The van der Waals surface area contributed by atoms with E-state index in [1.54, 1.807) is 0 Å². The van der Waals surface area contributed by atoms with Crippen LogP contribution in [0.3, 0.4) is 0 Å². The molecule has 0 aromatic rings. The first kappa shape index (κ1) is 13.3. The van der Waals surface area contributed by atoms with Crippen LogP contribution in [0.25, 0.3) is 0 Å². The molecule has 0 saturated carbocycles. The summed E-state index contributed by atoms with van der Waals surface area (Å²) in [6.45, 7) is 4.64. The van der Waals surface area contributed by atoms with Crippen LogP contribution < -0.4 is 5.32 Å². The van der Waals surface area contributed by atoms with Crippen molar-refractivity contribution < 1.29 is 0 Å². The molecule has 0 fully saturated rings. The summed E-state index contributed by atoms with van der Waals surface area (Å²) in [6, 6.07) is 0.731. The van der Waals surface area contributed by atoms with Gasteiger partial charge in [0.25, 0.3) is 0 Å². The van der Waals surface area contributed by atoms with E-state index in [1.165, 1.54) is 31.4 Å². The van der Waals surface area contributed by atoms with Crippen molar-refractivity contribution in [1.82, 2.24) is 5.32 Å². The van der Waals surface area contributed by atoms with E-state index in [2.05, 4.69) is 32.5 Å². The van der Waals surface area contributed by atoms with Crippen LogP contribution in [0.2, 0.25) is 0 Å². The van der Waals surface area contributed by atoms with E-state index in [1.807, 2.05) is 11.8 Å². The third kappa shape index (κ3) is 7.39. The van der Waals surface area contributed by atoms with Crippen molar-refractivity contribution in [3.8, 4) is 0 Å². The number of thioether (sulfide) groups is 1. The molecule has 0 rings (SSSR count). The molecule has 80 valence electrons. The Morgan fingerprint density at radius 3 is 2.46 bits per heavy atom. The van der Waals surface area contributed by atoms with E-state index < -0.39 is 0 Å². The van der Waals surface area contributed by atoms with Crippen molar-refractivity contribution in [2.24, 2.45) is 5.92 Å². The first-order valence-electron chi connectivity index (χ1n) is 5.40. The molecule has 0 amide bonds. The number of hydrogen-bond acceptors (Lipinski definition) is 2. The fourth-order valence-corrected chi connectivity index (χ4v) is 2.26. The normalized spacial score (nSPS) is 15.7. The molecule has 0 aromatic carbocycles. The average molecular weight is 203 g/mol. The summed E-state index contributed by atoms with van der Waals surface area (Å²) in [7, 11) is 2.09. The summed E-state index contributed by atoms with van der Waals surface area (Å²) < 4.78 is 0. The topological polar surface area (TPSA) is 12.0 Å². The second-order valence-electron chi connectivity index (χ2n) is 3.90. The molecule has 0 aromatic heterocycles. The van der Waals surface area contributed by atoms with Gasteiger partial charge < -0.3 is 5.32 Å². The number of nitrogens with one attached hydrogen (secondary N) is 1. The van der Waals surface area contributed by atoms with E-state index in [9.17, 15) is 0 Å². The van der Waals surface area contributed by atoms with Gasteiger partial charge in [-0.15, -0.1) is 0 Å². The zero-order valence-electron chi connectivity index (χ0n) is 9.60. The first-order valence-corrected chi connectivity index (χ1v) is 6.80. The predicted molar refractivity (Wildman–Crippen MR) is 64.5 cm³/mol. The summed E-state index contributed by atoms with van der Waals surface area (Å²) in [5, 5.41) is 3.41. The standard InChI is InChI=1S/C11H25NS/c1-5-6-10(2)9-11(12-3)7-8-13-4/h10-12H,5-9H2,1-4H3. The van der Waals surface area contributed by atoms with Gasteiger partial charge in [0.05, 0.1) is 0 Å². The fraction of sp³-hybridized carbons (Fsp3) is 1.00. The van der Waals surface area contributed by atoms with Crippen molar-refractivity contribution in [3.05, 3.63) is 0 Å². The Morgan fingerprint density at radius 1 is 1.31 bits per heavy atom. The van der Waals surface area contributed by atoms with Crippen LogP contribution in [-0.4, -0.2) is 25.1 Å². The molecule has 2 heteroatoms. The van der Waals surface area contributed by atoms with Crippen molar-refractivity contribution in [1.29, 1.82) is 0 Å². The molecule has 1 N–H and O–H groups in total. The molecule has 2 atom stereocenters. The molecule has 0 spiro atoms. The van der Waals surface area contributed by atoms with Gasteiger partial charge in [-0.05, 0) is 37.8 Å². The Bertz CT molecular complexity index is 106. The summed E-state index contributed by atoms with van der Waals surface area (Å²) >= 11 is 1.95. The SMILES string of the molecule is CCCC(C)CC(CCSC)NC. The Hall–Kier alpha value is 0.310. The fourth-order valence-electron chi connectivity index (χ4n) is 1.74. The van der Waals surface area contributed by atoms with Crippen LogP contribution in [0.5, 0.6) is 0 Å². The largest absolute Gasteiger partial charge is 0.317 e. The molecule has 0 aliphatic rings. The zero-order valence-corrected chi connectivity index (χ0v) is 10.4. The summed E-state index contributed by atoms with van der Waals surface area (Å²) in [5.41, 5.74) is 0. The quantitative estimate of drug-likeness (QED) is 0.650. The maximum absolute atomic E-state index is 3.41. The van der Waals surface area contributed by atoms with Crippen LogP contribution in [0.4, 0.5) is 0 Å². The van der Waals surface area contributed by atoms with Gasteiger partial charge in [0.15, 0.2) is 0 Å². The maximum atomic E-state index is 3.41. The highest BCUT2D eigenvalue weighted by molar-refractivity contribution is 7.98. The lowest BCUT2D eigenvalue weighted by Gasteiger charge is -2.19. The molecule has 1 nitrogen and oxygen atoms in total. The lowest BCUT2D eigenvalue weighted by molar-refractivity contribution is 0.393. The van der Waals surface area contributed by atoms with E-state index in [0.717, 1.165) is 12.0 Å². The van der Waals surface area contributed by atoms with Crippen LogP contribution in [0.1, 0.15) is 39.5 Å². The minimum absolute atomic E-state index is 0.731. The van der Waals surface area contributed by atoms with E-state index in [-0.39, 0.29) is 0 Å². The molecule has 13 heavy (non-hydrogen) atoms. The monoisotopic (exact) mass is 203 g/mol. The van der Waals surface area contributed by atoms with E-state index >= 15 is 0 Å². The van der Waals surface area contributed by atoms with Gasteiger partial charge in [-0.2, -0.15) is 11.8 Å². The first-order chi connectivity index (χ1) is 6.24. The van der Waals surface area contributed by atoms with Crippen molar-refractivity contribution in [3.63, 3.8) is 0 Å². The molecular formula is C11H25NS. The molecule has 2 unspecified atom stereocenters. The van der Waals surface area contributed by atoms with Gasteiger partial charge in [-0.1, -0.05) is 26.7 Å². The van der Waals surface area contributed by atoms with Gasteiger partial charge in [0, 0.05) is 6.04 Å². The third-order valence-electron chi connectivity index (χ3n) is 2.55. The third-order valence-corrected chi connectivity index (χ3v) is 3.19. The van der Waals surface area contributed by atoms with Crippen LogP contribution in [0, 0.1) is 5.92 Å². The van der Waals surface area contributed by atoms with E-state index in [4.69, 9.17) is 0 Å². The Kier molecular flexibility index (Phi) is 9.10. The van der Waals surface area contributed by atoms with Crippen LogP contribution in [0.15, 0.2) is 0 Å². The second kappa shape index (κ2) is 8.89. The molecule has 0 bridgehead atoms. The van der Waals surface area contributed by atoms with Crippen LogP contribution >= 0.6 is 11.8 Å². The zero-order chi connectivity index (χ0) is 10.1. The molecule has 0 aliphatic heterocycles. The minimum Gasteiger partial charge on any atom is -0.317 e. The number of rotatable bonds is 8. The highest BCUT2D eigenvalue weighted by Gasteiger charge is 2.09. The Balaban J connectivity index is 3.56. The summed E-state index contributed by atoms with van der Waals surface area (Å²) in [4.78, 5) is 0. The smallest absolute Gasteiger partial charge is 0.00744 e. The summed E-state index contributed by atoms with van der Waals surface area (Å²) in [6.07, 6.45) is 7.52. The average Bonchev–Trinajstić information content (AvgIpc) is 2.12. The van der Waals surface area contributed by atoms with Gasteiger partial charge in [-0.3, -0.25) is 0 Å². The van der Waals surface area contributed by atoms with Crippen LogP contribution in [-0.2, 0) is 0 Å². The summed E-state index contributed by atoms with van der Waals surface area (Å²) in [5.74, 6) is 2.16. The van der Waals surface area contributed by atoms with Gasteiger partial charge in [0.2, 0.25) is 0 Å². The van der Waals surface area contributed by atoms with Gasteiger partial charge in [-0.25, -0.2) is 0 Å². The molecule has 0 radical (unpaired) electrons. The van der Waals surface area contributed by atoms with Crippen molar-refractivity contribution in [2.75, 3.05) is 19.1 Å². The molecule has 0 aliphatic carbocycles. The predicted octanol–water partition coefficient (Wildman–Crippen LogP) is 3.15. The second-order valence-corrected chi connectivity index (χ2v) is 4.88. The van der Waals surface area contributed by atoms with Gasteiger partial charge in [0.1, 0.15) is 0 Å². The maximum Gasteiger partial charge on any atom is 0.00744 e. The highest BCUT2D eigenvalue weighted by atomic mass is 32.2. The van der Waals surface area contributed by atoms with Crippen molar-refractivity contribution in [2.45, 2.75) is 45.6 Å². The van der Waals surface area contributed by atoms with Crippen molar-refractivity contribution >= 4 is 11.8 Å². The molecule has 0 heterocycles. The minimum atomic E-state index is 0.731. The molecular weight excluding hydrogens is 178 g/mol. The highest BCUT2D eigenvalue weighted by Crippen LogP contribution is 2.15. The number of hydrogen-bond donors (Lipinski definition) is 1. The Morgan fingerprint density at radius 2 is 2.00 bits per heavy atom.